The van der Waals surface area contributed by atoms with E-state index in [0.29, 0.717) is 0 Å². The van der Waals surface area contributed by atoms with Crippen LogP contribution < -0.4 is 10.6 Å². The van der Waals surface area contributed by atoms with Crippen molar-refractivity contribution >= 4 is 29.6 Å². The highest BCUT2D eigenvalue weighted by atomic mass is 35.5. The van der Waals surface area contributed by atoms with Crippen molar-refractivity contribution in [1.29, 1.82) is 0 Å². The second-order valence-electron chi connectivity index (χ2n) is 4.53. The van der Waals surface area contributed by atoms with Crippen LogP contribution in [0.25, 0.3) is 0 Å². The molecule has 1 fully saturated rings. The van der Waals surface area contributed by atoms with Gasteiger partial charge in [-0.2, -0.15) is 0 Å². The lowest BCUT2D eigenvalue weighted by molar-refractivity contribution is -0.140. The van der Waals surface area contributed by atoms with Gasteiger partial charge in [0, 0.05) is 18.8 Å². The quantitative estimate of drug-likeness (QED) is 0.305. The predicted octanol–water partition coefficient (Wildman–Crippen LogP) is 2.20. The summed E-state index contributed by atoms with van der Waals surface area (Å²) in [6, 6.07) is 10.7. The monoisotopic (exact) mass is 297 g/mol. The lowest BCUT2D eigenvalue weighted by Crippen LogP contribution is -2.18. The van der Waals surface area contributed by atoms with Crippen molar-refractivity contribution in [2.24, 2.45) is 16.8 Å². The van der Waals surface area contributed by atoms with Gasteiger partial charge in [-0.05, 0) is 24.5 Å². The molecule has 2 N–H and O–H groups in total. The van der Waals surface area contributed by atoms with Crippen molar-refractivity contribution in [3.8, 4) is 0 Å². The Morgan fingerprint density at radius 1 is 1.55 bits per heavy atom. The van der Waals surface area contributed by atoms with Crippen molar-refractivity contribution in [2.45, 2.75) is 13.3 Å². The van der Waals surface area contributed by atoms with E-state index in [1.54, 1.807) is 0 Å². The fourth-order valence-corrected chi connectivity index (χ4v) is 1.97. The molecule has 20 heavy (non-hydrogen) atoms. The zero-order chi connectivity index (χ0) is 14.8. The molecule has 0 bridgehead atoms. The topological polar surface area (TPSA) is 67.9 Å². The Hall–Kier alpha value is -1.75. The SMILES string of the molecule is CC1CCN(c2ccccc2)C1.N/C=N\OC(=O)CCl. The van der Waals surface area contributed by atoms with Crippen LogP contribution in [0.3, 0.4) is 0 Å². The van der Waals surface area contributed by atoms with Crippen LogP contribution >= 0.6 is 11.6 Å². The summed E-state index contributed by atoms with van der Waals surface area (Å²) in [6.07, 6.45) is 2.21. The third kappa shape index (κ3) is 5.93. The molecule has 110 valence electrons. The first-order valence-corrected chi connectivity index (χ1v) is 7.00. The smallest absolute Gasteiger partial charge is 0.349 e. The minimum absolute atomic E-state index is 0.211. The number of rotatable bonds is 3. The zero-order valence-corrected chi connectivity index (χ0v) is 12.3. The maximum absolute atomic E-state index is 10.0. The van der Waals surface area contributed by atoms with E-state index in [4.69, 9.17) is 17.3 Å². The second kappa shape index (κ2) is 9.20. The summed E-state index contributed by atoms with van der Waals surface area (Å²) in [4.78, 5) is 16.5. The van der Waals surface area contributed by atoms with Crippen LogP contribution in [0, 0.1) is 5.92 Å². The number of nitrogens with zero attached hydrogens (tertiary/aromatic N) is 2. The summed E-state index contributed by atoms with van der Waals surface area (Å²) >= 11 is 5.00. The molecule has 0 aliphatic carbocycles. The van der Waals surface area contributed by atoms with Gasteiger partial charge in [0.25, 0.3) is 0 Å². The van der Waals surface area contributed by atoms with E-state index in [-0.39, 0.29) is 5.88 Å². The fraction of sp³-hybridized carbons (Fsp3) is 0.429. The van der Waals surface area contributed by atoms with Gasteiger partial charge in [0.15, 0.2) is 0 Å². The average molecular weight is 298 g/mol. The molecule has 1 saturated heterocycles. The molecular formula is C14H20ClN3O2. The molecule has 0 spiro atoms. The molecular weight excluding hydrogens is 278 g/mol. The molecule has 1 aliphatic rings. The third-order valence-electron chi connectivity index (χ3n) is 2.87. The molecule has 0 saturated carbocycles. The normalized spacial score (nSPS) is 17.7. The first-order chi connectivity index (χ1) is 9.67. The highest BCUT2D eigenvalue weighted by Gasteiger charge is 2.17. The van der Waals surface area contributed by atoms with Crippen molar-refractivity contribution in [1.82, 2.24) is 0 Å². The number of oxime groups is 1. The minimum atomic E-state index is -0.617. The Kier molecular flexibility index (Phi) is 7.50. The molecule has 1 atom stereocenters. The van der Waals surface area contributed by atoms with Crippen LogP contribution in [0.15, 0.2) is 35.5 Å². The lowest BCUT2D eigenvalue weighted by atomic mass is 10.2. The minimum Gasteiger partial charge on any atom is -0.387 e. The maximum atomic E-state index is 10.0. The van der Waals surface area contributed by atoms with Crippen molar-refractivity contribution in [3.63, 3.8) is 0 Å². The van der Waals surface area contributed by atoms with E-state index in [1.165, 1.54) is 25.2 Å². The number of carbonyl (C=O) groups is 1. The zero-order valence-electron chi connectivity index (χ0n) is 11.5. The van der Waals surface area contributed by atoms with E-state index in [0.717, 1.165) is 12.3 Å². The Bertz CT molecular complexity index is 426. The summed E-state index contributed by atoms with van der Waals surface area (Å²) < 4.78 is 0. The van der Waals surface area contributed by atoms with Crippen LogP contribution in [0.4, 0.5) is 5.69 Å². The molecule has 1 unspecified atom stereocenters. The number of hydrogen-bond acceptors (Lipinski definition) is 4. The number of halogens is 1. The predicted molar refractivity (Wildman–Crippen MR) is 81.9 cm³/mol. The fourth-order valence-electron chi connectivity index (χ4n) is 1.92. The average Bonchev–Trinajstić information content (AvgIpc) is 2.93. The molecule has 0 aromatic heterocycles. The van der Waals surface area contributed by atoms with E-state index in [1.807, 2.05) is 0 Å². The number of hydrogen-bond donors (Lipinski definition) is 1. The molecule has 0 amide bonds. The highest BCUT2D eigenvalue weighted by Crippen LogP contribution is 2.22. The van der Waals surface area contributed by atoms with Gasteiger partial charge < -0.3 is 15.5 Å². The highest BCUT2D eigenvalue weighted by molar-refractivity contribution is 6.26. The Balaban J connectivity index is 0.000000221. The van der Waals surface area contributed by atoms with Crippen LogP contribution in [0.1, 0.15) is 13.3 Å². The molecule has 2 rings (SSSR count). The van der Waals surface area contributed by atoms with Crippen LogP contribution in [-0.2, 0) is 9.63 Å². The van der Waals surface area contributed by atoms with E-state index in [9.17, 15) is 4.79 Å². The van der Waals surface area contributed by atoms with Crippen LogP contribution in [0.2, 0.25) is 0 Å². The van der Waals surface area contributed by atoms with Gasteiger partial charge in [0.2, 0.25) is 0 Å². The van der Waals surface area contributed by atoms with Gasteiger partial charge in [-0.25, -0.2) is 4.79 Å². The van der Waals surface area contributed by atoms with E-state index >= 15 is 0 Å². The second-order valence-corrected chi connectivity index (χ2v) is 4.79. The number of para-hydroxylation sites is 1. The van der Waals surface area contributed by atoms with E-state index < -0.39 is 5.97 Å². The lowest BCUT2D eigenvalue weighted by Gasteiger charge is -2.17. The van der Waals surface area contributed by atoms with E-state index in [2.05, 4.69) is 52.1 Å². The Morgan fingerprint density at radius 3 is 2.75 bits per heavy atom. The van der Waals surface area contributed by atoms with Gasteiger partial charge in [0.05, 0.1) is 0 Å². The van der Waals surface area contributed by atoms with Crippen LogP contribution in [-0.4, -0.2) is 31.3 Å². The van der Waals surface area contributed by atoms with Crippen molar-refractivity contribution in [3.05, 3.63) is 30.3 Å². The number of nitrogens with two attached hydrogens (primary N) is 1. The summed E-state index contributed by atoms with van der Waals surface area (Å²) in [5.41, 5.74) is 6.10. The third-order valence-corrected chi connectivity index (χ3v) is 3.09. The molecule has 1 aliphatic heterocycles. The van der Waals surface area contributed by atoms with Crippen molar-refractivity contribution < 1.29 is 9.63 Å². The van der Waals surface area contributed by atoms with Gasteiger partial charge in [-0.15, -0.1) is 11.6 Å². The summed E-state index contributed by atoms with van der Waals surface area (Å²) in [7, 11) is 0. The molecule has 1 aromatic carbocycles. The van der Waals surface area contributed by atoms with Gasteiger partial charge in [-0.1, -0.05) is 30.3 Å². The first-order valence-electron chi connectivity index (χ1n) is 6.46. The van der Waals surface area contributed by atoms with Crippen molar-refractivity contribution in [2.75, 3.05) is 23.9 Å². The molecule has 1 aromatic rings. The summed E-state index contributed by atoms with van der Waals surface area (Å²) in [6.45, 7) is 4.78. The summed E-state index contributed by atoms with van der Waals surface area (Å²) in [5.74, 6) is 0.0377. The number of benzene rings is 1. The maximum Gasteiger partial charge on any atom is 0.349 e. The largest absolute Gasteiger partial charge is 0.387 e. The number of carbonyl (C=O) groups excluding carboxylic acids is 1. The van der Waals surface area contributed by atoms with Gasteiger partial charge >= 0.3 is 5.97 Å². The molecule has 0 radical (unpaired) electrons. The number of alkyl halides is 1. The summed E-state index contributed by atoms with van der Waals surface area (Å²) in [5, 5.41) is 2.96. The van der Waals surface area contributed by atoms with Gasteiger partial charge in [-0.3, -0.25) is 0 Å². The molecule has 1 heterocycles. The van der Waals surface area contributed by atoms with Crippen LogP contribution in [0.5, 0.6) is 0 Å². The first kappa shape index (κ1) is 16.3. The standard InChI is InChI=1S/C11H15N.C3H5ClN2O2/c1-10-7-8-12(9-10)11-5-3-2-4-6-11;4-1-3(7)8-6-2-5/h2-6,10H,7-9H2,1H3;2H,1H2,(H2,5,6). The Labute approximate surface area is 124 Å². The molecule has 6 heteroatoms. The molecule has 5 nitrogen and oxygen atoms in total. The Morgan fingerprint density at radius 2 is 2.25 bits per heavy atom. The van der Waals surface area contributed by atoms with Gasteiger partial charge in [0.1, 0.15) is 12.2 Å². The number of anilines is 1.